The lowest BCUT2D eigenvalue weighted by molar-refractivity contribution is 0.00579. The maximum Gasteiger partial charge on any atom is 0.257 e. The second-order valence-corrected chi connectivity index (χ2v) is 4.80. The molecule has 5 heteroatoms. The van der Waals surface area contributed by atoms with Gasteiger partial charge in [-0.2, -0.15) is 5.10 Å². The van der Waals surface area contributed by atoms with Crippen molar-refractivity contribution in [2.75, 3.05) is 13.1 Å². The Morgan fingerprint density at radius 1 is 1.59 bits per heavy atom. The number of aromatic nitrogens is 2. The largest absolute Gasteiger partial charge is 0.389 e. The molecule has 1 N–H and O–H groups in total. The van der Waals surface area contributed by atoms with Crippen LogP contribution >= 0.6 is 0 Å². The van der Waals surface area contributed by atoms with E-state index in [9.17, 15) is 9.90 Å². The molecule has 1 amide bonds. The van der Waals surface area contributed by atoms with E-state index >= 15 is 0 Å². The standard InChI is InChI=1S/C12H19N3O2/c1-4-15-7-10(11(13-15)8(2)3)12(17)14-5-9(16)6-14/h7-9,16H,4-6H2,1-3H3. The first-order valence-electron chi connectivity index (χ1n) is 6.07. The van der Waals surface area contributed by atoms with Gasteiger partial charge in [0.25, 0.3) is 5.91 Å². The Bertz CT molecular complexity index is 419. The van der Waals surface area contributed by atoms with E-state index in [1.807, 2.05) is 27.0 Å². The third kappa shape index (κ3) is 2.20. The lowest BCUT2D eigenvalue weighted by Crippen LogP contribution is -2.53. The lowest BCUT2D eigenvalue weighted by atomic mass is 10.0. The first-order valence-corrected chi connectivity index (χ1v) is 6.07. The number of amides is 1. The van der Waals surface area contributed by atoms with Crippen molar-refractivity contribution in [3.05, 3.63) is 17.5 Å². The fraction of sp³-hybridized carbons (Fsp3) is 0.667. The Kier molecular flexibility index (Phi) is 3.19. The first-order chi connectivity index (χ1) is 8.02. The third-order valence-corrected chi connectivity index (χ3v) is 3.04. The van der Waals surface area contributed by atoms with Crippen molar-refractivity contribution in [1.82, 2.24) is 14.7 Å². The summed E-state index contributed by atoms with van der Waals surface area (Å²) in [6.07, 6.45) is 1.45. The van der Waals surface area contributed by atoms with Gasteiger partial charge in [0.1, 0.15) is 0 Å². The highest BCUT2D eigenvalue weighted by molar-refractivity contribution is 5.95. The summed E-state index contributed by atoms with van der Waals surface area (Å²) < 4.78 is 1.79. The average molecular weight is 237 g/mol. The number of aryl methyl sites for hydroxylation is 1. The van der Waals surface area contributed by atoms with E-state index in [0.717, 1.165) is 12.2 Å². The zero-order valence-electron chi connectivity index (χ0n) is 10.6. The molecule has 17 heavy (non-hydrogen) atoms. The molecule has 0 spiro atoms. The van der Waals surface area contributed by atoms with Crippen molar-refractivity contribution in [3.63, 3.8) is 0 Å². The Balaban J connectivity index is 2.24. The summed E-state index contributed by atoms with van der Waals surface area (Å²) in [6.45, 7) is 7.70. The van der Waals surface area contributed by atoms with Gasteiger partial charge >= 0.3 is 0 Å². The van der Waals surface area contributed by atoms with Crippen LogP contribution in [0.2, 0.25) is 0 Å². The van der Waals surface area contributed by atoms with Crippen LogP contribution in [0.4, 0.5) is 0 Å². The Morgan fingerprint density at radius 3 is 2.71 bits per heavy atom. The van der Waals surface area contributed by atoms with Gasteiger partial charge in [0.2, 0.25) is 0 Å². The van der Waals surface area contributed by atoms with E-state index in [4.69, 9.17) is 0 Å². The Hall–Kier alpha value is -1.36. The summed E-state index contributed by atoms with van der Waals surface area (Å²) in [5.74, 6) is 0.214. The molecule has 5 nitrogen and oxygen atoms in total. The van der Waals surface area contributed by atoms with Gasteiger partial charge in [0, 0.05) is 25.8 Å². The van der Waals surface area contributed by atoms with E-state index in [2.05, 4.69) is 5.10 Å². The highest BCUT2D eigenvalue weighted by atomic mass is 16.3. The number of hydrogen-bond donors (Lipinski definition) is 1. The van der Waals surface area contributed by atoms with E-state index < -0.39 is 0 Å². The van der Waals surface area contributed by atoms with E-state index in [-0.39, 0.29) is 17.9 Å². The quantitative estimate of drug-likeness (QED) is 0.847. The van der Waals surface area contributed by atoms with Crippen molar-refractivity contribution < 1.29 is 9.90 Å². The van der Waals surface area contributed by atoms with Crippen LogP contribution in [0.1, 0.15) is 42.7 Å². The van der Waals surface area contributed by atoms with Crippen LogP contribution in [0, 0.1) is 0 Å². The van der Waals surface area contributed by atoms with Gasteiger partial charge in [0.15, 0.2) is 0 Å². The molecule has 1 aromatic heterocycles. The minimum Gasteiger partial charge on any atom is -0.389 e. The van der Waals surface area contributed by atoms with Crippen molar-refractivity contribution >= 4 is 5.91 Å². The molecule has 0 aromatic carbocycles. The third-order valence-electron chi connectivity index (χ3n) is 3.04. The average Bonchev–Trinajstić information content (AvgIpc) is 2.68. The highest BCUT2D eigenvalue weighted by Gasteiger charge is 2.32. The molecule has 0 bridgehead atoms. The second-order valence-electron chi connectivity index (χ2n) is 4.80. The van der Waals surface area contributed by atoms with Crippen molar-refractivity contribution in [3.8, 4) is 0 Å². The molecule has 1 aliphatic rings. The van der Waals surface area contributed by atoms with Crippen molar-refractivity contribution in [2.24, 2.45) is 0 Å². The minimum atomic E-state index is -0.359. The number of carbonyl (C=O) groups excluding carboxylic acids is 1. The zero-order valence-corrected chi connectivity index (χ0v) is 10.6. The van der Waals surface area contributed by atoms with Crippen LogP contribution in [-0.2, 0) is 6.54 Å². The summed E-state index contributed by atoms with van der Waals surface area (Å²) >= 11 is 0. The number of aliphatic hydroxyl groups excluding tert-OH is 1. The van der Waals surface area contributed by atoms with E-state index in [1.54, 1.807) is 9.58 Å². The number of carbonyl (C=O) groups is 1. The molecule has 1 aromatic rings. The van der Waals surface area contributed by atoms with Gasteiger partial charge in [-0.3, -0.25) is 9.48 Å². The number of nitrogens with zero attached hydrogens (tertiary/aromatic N) is 3. The molecule has 0 aliphatic carbocycles. The summed E-state index contributed by atoms with van der Waals surface area (Å²) in [4.78, 5) is 13.8. The first kappa shape index (κ1) is 12.1. The zero-order chi connectivity index (χ0) is 12.6. The summed E-state index contributed by atoms with van der Waals surface area (Å²) in [7, 11) is 0. The molecular weight excluding hydrogens is 218 g/mol. The molecule has 2 rings (SSSR count). The van der Waals surface area contributed by atoms with Crippen molar-refractivity contribution in [2.45, 2.75) is 39.3 Å². The minimum absolute atomic E-state index is 0.0151. The highest BCUT2D eigenvalue weighted by Crippen LogP contribution is 2.21. The molecule has 1 saturated heterocycles. The number of β-amino-alcohol motifs (C(OH)–C–C–N with tert-alkyl or cyclic N) is 1. The monoisotopic (exact) mass is 237 g/mol. The second kappa shape index (κ2) is 4.49. The van der Waals surface area contributed by atoms with Gasteiger partial charge in [-0.25, -0.2) is 0 Å². The SMILES string of the molecule is CCn1cc(C(=O)N2CC(O)C2)c(C(C)C)n1. The van der Waals surface area contributed by atoms with Gasteiger partial charge in [-0.05, 0) is 12.8 Å². The fourth-order valence-electron chi connectivity index (χ4n) is 1.98. The molecule has 0 atom stereocenters. The van der Waals surface area contributed by atoms with Crippen LogP contribution in [0.5, 0.6) is 0 Å². The summed E-state index contributed by atoms with van der Waals surface area (Å²) in [5.41, 5.74) is 1.52. The molecule has 0 radical (unpaired) electrons. The van der Waals surface area contributed by atoms with Crippen LogP contribution in [-0.4, -0.2) is 44.9 Å². The van der Waals surface area contributed by atoms with Crippen LogP contribution < -0.4 is 0 Å². The van der Waals surface area contributed by atoms with Crippen LogP contribution in [0.3, 0.4) is 0 Å². The maximum atomic E-state index is 12.2. The smallest absolute Gasteiger partial charge is 0.257 e. The molecule has 2 heterocycles. The molecule has 0 saturated carbocycles. The summed E-state index contributed by atoms with van der Waals surface area (Å²) in [6, 6.07) is 0. The Labute approximate surface area is 101 Å². The predicted molar refractivity (Wildman–Crippen MR) is 63.9 cm³/mol. The van der Waals surface area contributed by atoms with Gasteiger partial charge in [-0.1, -0.05) is 13.8 Å². The topological polar surface area (TPSA) is 58.4 Å². The predicted octanol–water partition coefficient (Wildman–Crippen LogP) is 0.843. The molecular formula is C12H19N3O2. The van der Waals surface area contributed by atoms with Crippen molar-refractivity contribution in [1.29, 1.82) is 0 Å². The molecule has 1 aliphatic heterocycles. The lowest BCUT2D eigenvalue weighted by Gasteiger charge is -2.35. The van der Waals surface area contributed by atoms with Gasteiger partial charge in [-0.15, -0.1) is 0 Å². The molecule has 94 valence electrons. The number of aliphatic hydroxyl groups is 1. The molecule has 0 unspecified atom stereocenters. The van der Waals surface area contributed by atoms with Gasteiger partial charge in [0.05, 0.1) is 17.4 Å². The Morgan fingerprint density at radius 2 is 2.24 bits per heavy atom. The molecule has 1 fully saturated rings. The fourth-order valence-corrected chi connectivity index (χ4v) is 1.98. The number of rotatable bonds is 3. The summed E-state index contributed by atoms with van der Waals surface area (Å²) in [5, 5.41) is 13.6. The van der Waals surface area contributed by atoms with Crippen LogP contribution in [0.25, 0.3) is 0 Å². The van der Waals surface area contributed by atoms with Gasteiger partial charge < -0.3 is 10.0 Å². The van der Waals surface area contributed by atoms with E-state index in [1.165, 1.54) is 0 Å². The number of likely N-dealkylation sites (tertiary alicyclic amines) is 1. The van der Waals surface area contributed by atoms with E-state index in [0.29, 0.717) is 18.7 Å². The number of hydrogen-bond acceptors (Lipinski definition) is 3. The maximum absolute atomic E-state index is 12.2. The van der Waals surface area contributed by atoms with Crippen LogP contribution in [0.15, 0.2) is 6.20 Å². The normalized spacial score (nSPS) is 16.4.